The highest BCUT2D eigenvalue weighted by Gasteiger charge is 2.15. The number of rotatable bonds is 8. The van der Waals surface area contributed by atoms with E-state index in [2.05, 4.69) is 20.2 Å². The van der Waals surface area contributed by atoms with Crippen LogP contribution >= 0.6 is 11.6 Å². The normalized spacial score (nSPS) is 14.6. The average molecular weight is 475 g/mol. The van der Waals surface area contributed by atoms with Gasteiger partial charge in [0.25, 0.3) is 0 Å². The Labute approximate surface area is 195 Å². The number of carbonyl (C=O) groups excluding carboxylic acids is 1. The number of esters is 1. The molecule has 33 heavy (non-hydrogen) atoms. The minimum Gasteiger partial charge on any atom is -0.493 e. The summed E-state index contributed by atoms with van der Waals surface area (Å²) in [5.74, 6) is 1.00. The van der Waals surface area contributed by atoms with Crippen LogP contribution < -0.4 is 14.8 Å². The number of anilines is 2. The molecule has 0 bridgehead atoms. The maximum Gasteiger partial charge on any atom is 0.307 e. The standard InChI is InChI=1S/C23H24ClFN4O4/c1-31-20-12-19-16(23(27-13-26-19)28-15-5-6-18(25)17(24)10-15)11-21(20)32-9-3-8-29-7-2-4-22(30)33-14-29/h5-6,10-13H,2-4,7-9,14H2,1H3,(H,26,27,28). The summed E-state index contributed by atoms with van der Waals surface area (Å²) in [5, 5.41) is 3.89. The van der Waals surface area contributed by atoms with E-state index in [-0.39, 0.29) is 11.0 Å². The van der Waals surface area contributed by atoms with Crippen LogP contribution in [0.2, 0.25) is 5.02 Å². The van der Waals surface area contributed by atoms with Crippen molar-refractivity contribution in [3.05, 3.63) is 47.5 Å². The van der Waals surface area contributed by atoms with Crippen molar-refractivity contribution in [3.63, 3.8) is 0 Å². The highest BCUT2D eigenvalue weighted by Crippen LogP contribution is 2.35. The number of benzene rings is 2. The minimum absolute atomic E-state index is 0.0169. The van der Waals surface area contributed by atoms with Crippen LogP contribution in [-0.2, 0) is 9.53 Å². The van der Waals surface area contributed by atoms with Crippen molar-refractivity contribution in [1.82, 2.24) is 14.9 Å². The predicted octanol–water partition coefficient (Wildman–Crippen LogP) is 4.54. The molecule has 2 heterocycles. The number of nitrogens with one attached hydrogen (secondary N) is 1. The molecule has 3 aromatic rings. The lowest BCUT2D eigenvalue weighted by atomic mass is 10.2. The van der Waals surface area contributed by atoms with Gasteiger partial charge in [-0.3, -0.25) is 9.69 Å². The number of nitrogens with zero attached hydrogens (tertiary/aromatic N) is 3. The van der Waals surface area contributed by atoms with Crippen molar-refractivity contribution in [2.75, 3.05) is 38.9 Å². The van der Waals surface area contributed by atoms with E-state index in [0.717, 1.165) is 25.9 Å². The molecule has 1 saturated heterocycles. The molecule has 1 aliphatic heterocycles. The second kappa shape index (κ2) is 10.6. The summed E-state index contributed by atoms with van der Waals surface area (Å²) >= 11 is 5.89. The van der Waals surface area contributed by atoms with E-state index >= 15 is 0 Å². The molecular formula is C23H24ClFN4O4. The van der Waals surface area contributed by atoms with Gasteiger partial charge in [-0.25, -0.2) is 14.4 Å². The SMILES string of the molecule is COc1cc2ncnc(Nc3ccc(F)c(Cl)c3)c2cc1OCCCN1CCCC(=O)OC1. The van der Waals surface area contributed by atoms with Crippen molar-refractivity contribution < 1.29 is 23.4 Å². The fourth-order valence-corrected chi connectivity index (χ4v) is 3.72. The Morgan fingerprint density at radius 2 is 2.12 bits per heavy atom. The number of methoxy groups -OCH3 is 1. The first-order chi connectivity index (χ1) is 16.0. The topological polar surface area (TPSA) is 85.8 Å². The number of cyclic esters (lactones) is 1. The summed E-state index contributed by atoms with van der Waals surface area (Å²) in [6.07, 6.45) is 3.45. The molecule has 2 aromatic carbocycles. The number of halogens is 2. The maximum absolute atomic E-state index is 13.5. The molecule has 0 radical (unpaired) electrons. The van der Waals surface area contributed by atoms with Gasteiger partial charge in [0, 0.05) is 36.7 Å². The smallest absolute Gasteiger partial charge is 0.307 e. The number of hydrogen-bond acceptors (Lipinski definition) is 8. The Balaban J connectivity index is 1.47. The van der Waals surface area contributed by atoms with Crippen molar-refractivity contribution >= 4 is 40.0 Å². The number of hydrogen-bond donors (Lipinski definition) is 1. The fraction of sp³-hybridized carbons (Fsp3) is 0.348. The number of aromatic nitrogens is 2. The first-order valence-electron chi connectivity index (χ1n) is 10.6. The lowest BCUT2D eigenvalue weighted by Crippen LogP contribution is -2.28. The zero-order chi connectivity index (χ0) is 23.2. The van der Waals surface area contributed by atoms with E-state index in [9.17, 15) is 9.18 Å². The molecule has 1 N–H and O–H groups in total. The van der Waals surface area contributed by atoms with Gasteiger partial charge < -0.3 is 19.5 Å². The van der Waals surface area contributed by atoms with Crippen LogP contribution in [0.1, 0.15) is 19.3 Å². The summed E-state index contributed by atoms with van der Waals surface area (Å²) < 4.78 is 30.1. The van der Waals surface area contributed by atoms with Crippen molar-refractivity contribution in [2.45, 2.75) is 19.3 Å². The van der Waals surface area contributed by atoms with E-state index in [4.69, 9.17) is 25.8 Å². The molecule has 0 amide bonds. The Morgan fingerprint density at radius 3 is 2.94 bits per heavy atom. The number of carbonyl (C=O) groups is 1. The minimum atomic E-state index is -0.492. The molecule has 1 aromatic heterocycles. The zero-order valence-electron chi connectivity index (χ0n) is 18.1. The molecule has 0 unspecified atom stereocenters. The Kier molecular flexibility index (Phi) is 7.41. The Morgan fingerprint density at radius 1 is 1.24 bits per heavy atom. The van der Waals surface area contributed by atoms with E-state index in [1.54, 1.807) is 19.2 Å². The van der Waals surface area contributed by atoms with Crippen LogP contribution in [0, 0.1) is 5.82 Å². The lowest BCUT2D eigenvalue weighted by Gasteiger charge is -2.19. The Bertz CT molecular complexity index is 1150. The van der Waals surface area contributed by atoms with Crippen LogP contribution in [0.25, 0.3) is 10.9 Å². The van der Waals surface area contributed by atoms with Crippen LogP contribution in [0.15, 0.2) is 36.7 Å². The van der Waals surface area contributed by atoms with E-state index in [0.29, 0.717) is 53.7 Å². The van der Waals surface area contributed by atoms with Gasteiger partial charge in [0.1, 0.15) is 24.7 Å². The molecule has 0 spiro atoms. The number of fused-ring (bicyclic) bond motifs is 1. The second-order valence-electron chi connectivity index (χ2n) is 7.57. The highest BCUT2D eigenvalue weighted by atomic mass is 35.5. The average Bonchev–Trinajstić information content (AvgIpc) is 3.03. The van der Waals surface area contributed by atoms with Gasteiger partial charge in [-0.1, -0.05) is 11.6 Å². The molecule has 1 fully saturated rings. The first-order valence-corrected chi connectivity index (χ1v) is 11.0. The van der Waals surface area contributed by atoms with E-state index in [1.165, 1.54) is 18.5 Å². The van der Waals surface area contributed by atoms with Gasteiger partial charge in [0.2, 0.25) is 0 Å². The maximum atomic E-state index is 13.5. The lowest BCUT2D eigenvalue weighted by molar-refractivity contribution is -0.146. The summed E-state index contributed by atoms with van der Waals surface area (Å²) in [4.78, 5) is 22.1. The molecule has 0 aliphatic carbocycles. The van der Waals surface area contributed by atoms with Crippen molar-refractivity contribution in [2.24, 2.45) is 0 Å². The predicted molar refractivity (Wildman–Crippen MR) is 123 cm³/mol. The quantitative estimate of drug-likeness (QED) is 0.376. The van der Waals surface area contributed by atoms with Gasteiger partial charge >= 0.3 is 5.97 Å². The van der Waals surface area contributed by atoms with Gasteiger partial charge in [-0.15, -0.1) is 0 Å². The third-order valence-corrected chi connectivity index (χ3v) is 5.53. The third-order valence-electron chi connectivity index (χ3n) is 5.24. The molecule has 0 saturated carbocycles. The zero-order valence-corrected chi connectivity index (χ0v) is 18.9. The Hall–Kier alpha value is -3.17. The highest BCUT2D eigenvalue weighted by molar-refractivity contribution is 6.31. The summed E-state index contributed by atoms with van der Waals surface area (Å²) in [6, 6.07) is 7.96. The van der Waals surface area contributed by atoms with Crippen LogP contribution in [0.4, 0.5) is 15.9 Å². The number of ether oxygens (including phenoxy) is 3. The second-order valence-corrected chi connectivity index (χ2v) is 7.97. The summed E-state index contributed by atoms with van der Waals surface area (Å²) in [7, 11) is 1.57. The van der Waals surface area contributed by atoms with E-state index in [1.807, 2.05) is 6.07 Å². The molecule has 4 rings (SSSR count). The molecular weight excluding hydrogens is 451 g/mol. The summed E-state index contributed by atoms with van der Waals surface area (Å²) in [5.41, 5.74) is 1.26. The largest absolute Gasteiger partial charge is 0.493 e. The fourth-order valence-electron chi connectivity index (χ4n) is 3.54. The monoisotopic (exact) mass is 474 g/mol. The molecule has 1 aliphatic rings. The van der Waals surface area contributed by atoms with E-state index < -0.39 is 5.82 Å². The van der Waals surface area contributed by atoms with Gasteiger partial charge in [-0.2, -0.15) is 0 Å². The van der Waals surface area contributed by atoms with Crippen molar-refractivity contribution in [1.29, 1.82) is 0 Å². The van der Waals surface area contributed by atoms with Crippen molar-refractivity contribution in [3.8, 4) is 11.5 Å². The first kappa shape index (κ1) is 23.0. The third kappa shape index (κ3) is 5.80. The van der Waals surface area contributed by atoms with Crippen LogP contribution in [0.3, 0.4) is 0 Å². The molecule has 8 nitrogen and oxygen atoms in total. The molecule has 0 atom stereocenters. The molecule has 174 valence electrons. The van der Waals surface area contributed by atoms with Crippen LogP contribution in [-0.4, -0.2) is 54.4 Å². The molecule has 10 heteroatoms. The van der Waals surface area contributed by atoms with Gasteiger partial charge in [0.05, 0.1) is 24.3 Å². The van der Waals surface area contributed by atoms with Crippen LogP contribution in [0.5, 0.6) is 11.5 Å². The van der Waals surface area contributed by atoms with Gasteiger partial charge in [-0.05, 0) is 37.1 Å². The summed E-state index contributed by atoms with van der Waals surface area (Å²) in [6.45, 7) is 2.35. The van der Waals surface area contributed by atoms with Gasteiger partial charge in [0.15, 0.2) is 11.5 Å².